The molecule has 0 saturated heterocycles. The monoisotopic (exact) mass is 830 g/mol. The average molecular weight is 831 g/mol. The number of hydrogen-bond acceptors (Lipinski definition) is 4. The highest BCUT2D eigenvalue weighted by Gasteiger charge is 2.31. The molecule has 2 aromatic heterocycles. The number of hydrogen-bond donors (Lipinski definition) is 0. The van der Waals surface area contributed by atoms with Crippen LogP contribution in [0.3, 0.4) is 0 Å². The van der Waals surface area contributed by atoms with Crippen LogP contribution in [0.5, 0.6) is 11.5 Å². The third-order valence-corrected chi connectivity index (χ3v) is 12.7. The fraction of sp³-hybridized carbons (Fsp3) is 0.293. The number of rotatable bonds is 6. The Bertz CT molecular complexity index is 2980. The van der Waals surface area contributed by atoms with Crippen LogP contribution in [0.2, 0.25) is 0 Å². The van der Waals surface area contributed by atoms with Crippen molar-refractivity contribution in [2.75, 3.05) is 16.5 Å². The predicted octanol–water partition coefficient (Wildman–Crippen LogP) is 16.1. The molecular formula is C58H62N4O. The number of aromatic nitrogens is 2. The predicted molar refractivity (Wildman–Crippen MR) is 267 cm³/mol. The Hall–Kier alpha value is -6.33. The number of nitrogens with zero attached hydrogens (tertiary/aromatic N) is 4. The molecule has 0 spiro atoms. The normalized spacial score (nSPS) is 13.6. The van der Waals surface area contributed by atoms with Gasteiger partial charge in [-0.1, -0.05) is 144 Å². The summed E-state index contributed by atoms with van der Waals surface area (Å²) >= 11 is 0. The molecule has 0 atom stereocenters. The summed E-state index contributed by atoms with van der Waals surface area (Å²) in [5.74, 6) is 2.43. The van der Waals surface area contributed by atoms with Gasteiger partial charge in [0.1, 0.15) is 24.0 Å². The van der Waals surface area contributed by atoms with E-state index in [9.17, 15) is 0 Å². The lowest BCUT2D eigenvalue weighted by Gasteiger charge is -2.34. The first-order valence-corrected chi connectivity index (χ1v) is 22.5. The molecule has 3 heterocycles. The molecule has 0 saturated carbocycles. The number of benzene rings is 6. The first-order chi connectivity index (χ1) is 29.8. The van der Waals surface area contributed by atoms with E-state index < -0.39 is 0 Å². The van der Waals surface area contributed by atoms with Crippen LogP contribution in [0.15, 0.2) is 146 Å². The van der Waals surface area contributed by atoms with Gasteiger partial charge >= 0.3 is 0 Å². The Morgan fingerprint density at radius 3 is 1.67 bits per heavy atom. The lowest BCUT2D eigenvalue weighted by atomic mass is 9.71. The van der Waals surface area contributed by atoms with Gasteiger partial charge in [-0.25, -0.2) is 4.98 Å². The summed E-state index contributed by atoms with van der Waals surface area (Å²) in [5, 5.41) is 2.34. The zero-order chi connectivity index (χ0) is 44.6. The van der Waals surface area contributed by atoms with E-state index in [1.807, 2.05) is 12.3 Å². The highest BCUT2D eigenvalue weighted by Crippen LogP contribution is 2.47. The van der Waals surface area contributed by atoms with Gasteiger partial charge in [0.25, 0.3) is 0 Å². The number of anilines is 4. The van der Waals surface area contributed by atoms with Crippen molar-refractivity contribution in [3.05, 3.63) is 168 Å². The van der Waals surface area contributed by atoms with Crippen molar-refractivity contribution in [3.8, 4) is 28.4 Å². The molecule has 0 radical (unpaired) electrons. The van der Waals surface area contributed by atoms with Gasteiger partial charge in [-0.15, -0.1) is 0 Å². The molecule has 6 aromatic carbocycles. The molecular weight excluding hydrogens is 769 g/mol. The summed E-state index contributed by atoms with van der Waals surface area (Å²) in [5.41, 5.74) is 14.6. The van der Waals surface area contributed by atoms with E-state index in [4.69, 9.17) is 9.72 Å². The summed E-state index contributed by atoms with van der Waals surface area (Å²) in [6, 6.07) is 50.6. The van der Waals surface area contributed by atoms with E-state index >= 15 is 0 Å². The van der Waals surface area contributed by atoms with E-state index in [1.165, 1.54) is 55.8 Å². The van der Waals surface area contributed by atoms with Crippen molar-refractivity contribution in [1.29, 1.82) is 0 Å². The molecule has 5 nitrogen and oxygen atoms in total. The molecule has 1 aliphatic heterocycles. The van der Waals surface area contributed by atoms with Crippen LogP contribution in [0.25, 0.3) is 38.8 Å². The zero-order valence-corrected chi connectivity index (χ0v) is 39.3. The van der Waals surface area contributed by atoms with Gasteiger partial charge < -0.3 is 14.5 Å². The number of fused-ring (bicyclic) bond motifs is 4. The van der Waals surface area contributed by atoms with Crippen LogP contribution in [0.1, 0.15) is 105 Å². The minimum atomic E-state index is -0.0774. The minimum absolute atomic E-state index is 0.0198. The maximum atomic E-state index is 6.79. The van der Waals surface area contributed by atoms with Crippen molar-refractivity contribution in [2.24, 2.45) is 0 Å². The Morgan fingerprint density at radius 2 is 1.03 bits per heavy atom. The zero-order valence-electron chi connectivity index (χ0n) is 39.3. The Kier molecular flexibility index (Phi) is 10.1. The van der Waals surface area contributed by atoms with Crippen LogP contribution in [-0.4, -0.2) is 16.2 Å². The molecule has 0 aliphatic carbocycles. The fourth-order valence-corrected chi connectivity index (χ4v) is 9.17. The maximum Gasteiger partial charge on any atom is 0.138 e. The Labute approximate surface area is 375 Å². The second-order valence-electron chi connectivity index (χ2n) is 21.5. The molecule has 9 rings (SSSR count). The van der Waals surface area contributed by atoms with Gasteiger partial charge in [-0.05, 0) is 122 Å². The van der Waals surface area contributed by atoms with Crippen molar-refractivity contribution in [2.45, 2.75) is 105 Å². The lowest BCUT2D eigenvalue weighted by Crippen LogP contribution is -2.24. The molecule has 1 aliphatic rings. The third kappa shape index (κ3) is 7.88. The van der Waals surface area contributed by atoms with Crippen molar-refractivity contribution >= 4 is 44.6 Å². The molecule has 0 bridgehead atoms. The third-order valence-electron chi connectivity index (χ3n) is 12.7. The molecule has 8 aromatic rings. The summed E-state index contributed by atoms with van der Waals surface area (Å²) in [6.45, 7) is 28.5. The first kappa shape index (κ1) is 42.0. The van der Waals surface area contributed by atoms with Crippen LogP contribution in [0, 0.1) is 0 Å². The van der Waals surface area contributed by atoms with Crippen LogP contribution < -0.4 is 14.5 Å². The van der Waals surface area contributed by atoms with Gasteiger partial charge in [0.2, 0.25) is 0 Å². The molecule has 0 amide bonds. The number of pyridine rings is 1. The SMILES string of the molecule is CC(C)(C)c1cccc(N2CN(c3cccc(Oc4ccc5c6ccccc6n(-c6cc(-c7c(C(C)(C)C)cc(C(C)(C)C)cc7C(C)(C)C)ccn6)c5c4)c3)c3ccccc32)c1. The standard InChI is InChI=1S/C58H62N4O/c1-55(2,3)39-19-17-20-41(32-39)60-37-61(51-26-16-15-25-50(51)60)42-21-18-22-43(35-42)63-44-27-28-46-45-23-13-14-24-49(45)62(52(46)36-44)53-31-38(29-30-59-53)54-47(57(7,8)9)33-40(56(4,5)6)34-48(54)58(10,11)12/h13-36H,37H2,1-12H3. The summed E-state index contributed by atoms with van der Waals surface area (Å²) in [7, 11) is 0. The van der Waals surface area contributed by atoms with Crippen molar-refractivity contribution < 1.29 is 4.74 Å². The van der Waals surface area contributed by atoms with Gasteiger partial charge in [0.15, 0.2) is 0 Å². The van der Waals surface area contributed by atoms with Crippen molar-refractivity contribution in [1.82, 2.24) is 9.55 Å². The Balaban J connectivity index is 1.11. The molecule has 0 N–H and O–H groups in total. The van der Waals surface area contributed by atoms with E-state index in [2.05, 4.69) is 231 Å². The number of para-hydroxylation sites is 3. The van der Waals surface area contributed by atoms with Crippen molar-refractivity contribution in [3.63, 3.8) is 0 Å². The molecule has 5 heteroatoms. The topological polar surface area (TPSA) is 33.5 Å². The van der Waals surface area contributed by atoms with Crippen LogP contribution in [0.4, 0.5) is 22.7 Å². The second-order valence-corrected chi connectivity index (χ2v) is 21.5. The average Bonchev–Trinajstić information content (AvgIpc) is 3.78. The van der Waals surface area contributed by atoms with E-state index in [0.29, 0.717) is 6.67 Å². The molecule has 63 heavy (non-hydrogen) atoms. The van der Waals surface area contributed by atoms with Crippen LogP contribution >= 0.6 is 0 Å². The minimum Gasteiger partial charge on any atom is -0.457 e. The highest BCUT2D eigenvalue weighted by atomic mass is 16.5. The first-order valence-electron chi connectivity index (χ1n) is 22.5. The van der Waals surface area contributed by atoms with Crippen LogP contribution in [-0.2, 0) is 21.7 Å². The van der Waals surface area contributed by atoms with Gasteiger partial charge in [-0.2, -0.15) is 0 Å². The summed E-state index contributed by atoms with van der Waals surface area (Å²) < 4.78 is 9.09. The highest BCUT2D eigenvalue weighted by molar-refractivity contribution is 6.09. The molecule has 0 unspecified atom stereocenters. The van der Waals surface area contributed by atoms with E-state index in [0.717, 1.165) is 39.4 Å². The fourth-order valence-electron chi connectivity index (χ4n) is 9.17. The quantitative estimate of drug-likeness (QED) is 0.167. The van der Waals surface area contributed by atoms with Gasteiger partial charge in [0, 0.05) is 40.5 Å². The maximum absolute atomic E-state index is 6.79. The van der Waals surface area contributed by atoms with E-state index in [-0.39, 0.29) is 21.7 Å². The van der Waals surface area contributed by atoms with Gasteiger partial charge in [0.05, 0.1) is 22.4 Å². The number of ether oxygens (including phenoxy) is 1. The summed E-state index contributed by atoms with van der Waals surface area (Å²) in [6.07, 6.45) is 1.98. The second kappa shape index (κ2) is 15.2. The molecule has 0 fully saturated rings. The van der Waals surface area contributed by atoms with Gasteiger partial charge in [-0.3, -0.25) is 4.57 Å². The lowest BCUT2D eigenvalue weighted by molar-refractivity contribution is 0.483. The smallest absolute Gasteiger partial charge is 0.138 e. The Morgan fingerprint density at radius 1 is 0.460 bits per heavy atom. The van der Waals surface area contributed by atoms with E-state index in [1.54, 1.807) is 0 Å². The molecule has 320 valence electrons. The largest absolute Gasteiger partial charge is 0.457 e. The summed E-state index contributed by atoms with van der Waals surface area (Å²) in [4.78, 5) is 9.87.